The molecule has 150 valence electrons. The van der Waals surface area contributed by atoms with Crippen LogP contribution in [0.3, 0.4) is 0 Å². The van der Waals surface area contributed by atoms with Gasteiger partial charge in [0.05, 0.1) is 29.6 Å². The number of anilines is 2. The summed E-state index contributed by atoms with van der Waals surface area (Å²) in [6.07, 6.45) is 0. The Morgan fingerprint density at radius 3 is 2.33 bits per heavy atom. The summed E-state index contributed by atoms with van der Waals surface area (Å²) in [7, 11) is -4.07. The highest BCUT2D eigenvalue weighted by Crippen LogP contribution is 2.38. The molecule has 0 atom stereocenters. The maximum absolute atomic E-state index is 13.5. The van der Waals surface area contributed by atoms with Gasteiger partial charge in [-0.3, -0.25) is 4.90 Å². The Morgan fingerprint density at radius 1 is 0.933 bits per heavy atom. The van der Waals surface area contributed by atoms with Crippen molar-refractivity contribution >= 4 is 27.4 Å². The van der Waals surface area contributed by atoms with Gasteiger partial charge in [0.1, 0.15) is 4.90 Å². The van der Waals surface area contributed by atoms with Crippen molar-refractivity contribution in [2.24, 2.45) is 0 Å². The van der Waals surface area contributed by atoms with Crippen molar-refractivity contribution in [3.05, 3.63) is 89.0 Å². The van der Waals surface area contributed by atoms with Gasteiger partial charge in [0.15, 0.2) is 0 Å². The minimum Gasteiger partial charge on any atom is -0.287 e. The second-order valence-electron chi connectivity index (χ2n) is 7.26. The van der Waals surface area contributed by atoms with Gasteiger partial charge in [0.2, 0.25) is 0 Å². The number of benzene rings is 3. The molecule has 7 heteroatoms. The van der Waals surface area contributed by atoms with Gasteiger partial charge >= 0.3 is 6.03 Å². The maximum Gasteiger partial charge on any atom is 0.343 e. The first-order chi connectivity index (χ1) is 14.3. The second kappa shape index (κ2) is 7.32. The van der Waals surface area contributed by atoms with Crippen molar-refractivity contribution in [2.45, 2.75) is 25.3 Å². The highest BCUT2D eigenvalue weighted by Gasteiger charge is 2.42. The monoisotopic (exact) mass is 417 g/mol. The fraction of sp³-hybridized carbons (Fsp3) is 0.130. The van der Waals surface area contributed by atoms with Crippen molar-refractivity contribution < 1.29 is 13.2 Å². The number of fused-ring (bicyclic) bond motifs is 1. The molecular weight excluding hydrogens is 398 g/mol. The molecule has 0 saturated heterocycles. The van der Waals surface area contributed by atoms with E-state index >= 15 is 0 Å². The Morgan fingerprint density at radius 2 is 1.63 bits per heavy atom. The zero-order valence-electron chi connectivity index (χ0n) is 16.5. The van der Waals surface area contributed by atoms with Gasteiger partial charge in [-0.25, -0.2) is 13.2 Å². The van der Waals surface area contributed by atoms with Gasteiger partial charge in [0, 0.05) is 0 Å². The minimum atomic E-state index is -4.07. The summed E-state index contributed by atoms with van der Waals surface area (Å²) >= 11 is 0. The summed E-state index contributed by atoms with van der Waals surface area (Å²) in [6, 6.07) is 20.1. The smallest absolute Gasteiger partial charge is 0.287 e. The number of hydrogen-bond donors (Lipinski definition) is 0. The quantitative estimate of drug-likeness (QED) is 0.628. The van der Waals surface area contributed by atoms with Gasteiger partial charge in [-0.15, -0.1) is 0 Å². The van der Waals surface area contributed by atoms with Gasteiger partial charge in [-0.2, -0.15) is 9.57 Å². The zero-order valence-corrected chi connectivity index (χ0v) is 17.3. The summed E-state index contributed by atoms with van der Waals surface area (Å²) in [5.41, 5.74) is 3.56. The third-order valence-corrected chi connectivity index (χ3v) is 6.67. The predicted molar refractivity (Wildman–Crippen MR) is 115 cm³/mol. The van der Waals surface area contributed by atoms with Crippen molar-refractivity contribution in [1.29, 1.82) is 5.26 Å². The Labute approximate surface area is 175 Å². The van der Waals surface area contributed by atoms with Crippen LogP contribution in [0.5, 0.6) is 0 Å². The van der Waals surface area contributed by atoms with Crippen molar-refractivity contribution in [3.63, 3.8) is 0 Å². The molecule has 6 nitrogen and oxygen atoms in total. The first kappa shape index (κ1) is 19.7. The molecule has 0 fully saturated rings. The lowest BCUT2D eigenvalue weighted by Crippen LogP contribution is -2.50. The molecule has 30 heavy (non-hydrogen) atoms. The van der Waals surface area contributed by atoms with Crippen LogP contribution in [0, 0.1) is 25.2 Å². The van der Waals surface area contributed by atoms with E-state index in [2.05, 4.69) is 6.07 Å². The zero-order chi connectivity index (χ0) is 21.5. The number of para-hydroxylation sites is 1. The van der Waals surface area contributed by atoms with Crippen LogP contribution in [-0.4, -0.2) is 14.4 Å². The number of rotatable bonds is 3. The van der Waals surface area contributed by atoms with Crippen molar-refractivity contribution in [1.82, 2.24) is 0 Å². The lowest BCUT2D eigenvalue weighted by Gasteiger charge is -2.36. The average Bonchev–Trinajstić information content (AvgIpc) is 2.70. The average molecular weight is 417 g/mol. The minimum absolute atomic E-state index is 0.0696. The molecule has 0 aliphatic carbocycles. The van der Waals surface area contributed by atoms with Crippen molar-refractivity contribution in [3.8, 4) is 6.07 Å². The van der Waals surface area contributed by atoms with Crippen LogP contribution >= 0.6 is 0 Å². The van der Waals surface area contributed by atoms with Gasteiger partial charge in [-0.1, -0.05) is 30.3 Å². The number of sulfonamides is 1. The normalized spacial score (nSPS) is 14.9. The number of nitrogens with zero attached hydrogens (tertiary/aromatic N) is 3. The number of hydrogen-bond acceptors (Lipinski definition) is 4. The van der Waals surface area contributed by atoms with Crippen LogP contribution in [0.1, 0.15) is 22.3 Å². The summed E-state index contributed by atoms with van der Waals surface area (Å²) in [5, 5.41) is 9.17. The van der Waals surface area contributed by atoms with E-state index in [4.69, 9.17) is 0 Å². The van der Waals surface area contributed by atoms with E-state index in [9.17, 15) is 18.5 Å². The van der Waals surface area contributed by atoms with Gasteiger partial charge < -0.3 is 0 Å². The fourth-order valence-corrected chi connectivity index (χ4v) is 5.28. The highest BCUT2D eigenvalue weighted by molar-refractivity contribution is 7.94. The Kier molecular flexibility index (Phi) is 4.80. The van der Waals surface area contributed by atoms with E-state index in [1.165, 1.54) is 11.0 Å². The Bertz CT molecular complexity index is 1290. The molecule has 1 aliphatic heterocycles. The topological polar surface area (TPSA) is 81.5 Å². The fourth-order valence-electron chi connectivity index (χ4n) is 3.70. The molecule has 0 N–H and O–H groups in total. The number of aryl methyl sites for hydroxylation is 2. The Hall–Kier alpha value is -3.63. The highest BCUT2D eigenvalue weighted by atomic mass is 32.2. The Balaban J connectivity index is 1.88. The van der Waals surface area contributed by atoms with E-state index < -0.39 is 16.1 Å². The lowest BCUT2D eigenvalue weighted by molar-refractivity contribution is 0.253. The van der Waals surface area contributed by atoms with E-state index in [1.54, 1.807) is 54.6 Å². The third kappa shape index (κ3) is 3.31. The lowest BCUT2D eigenvalue weighted by atomic mass is 10.1. The SMILES string of the molecule is Cc1cc(C)cc(N2C(=O)N(Cc3cccc(C#N)c3)c3ccccc3S2(=O)=O)c1. The molecule has 0 radical (unpaired) electrons. The summed E-state index contributed by atoms with van der Waals surface area (Å²) in [6.45, 7) is 3.86. The molecule has 2 amide bonds. The first-order valence-electron chi connectivity index (χ1n) is 9.34. The molecule has 0 spiro atoms. The molecule has 1 heterocycles. The summed E-state index contributed by atoms with van der Waals surface area (Å²) < 4.78 is 27.6. The number of urea groups is 1. The van der Waals surface area contributed by atoms with Gasteiger partial charge in [-0.05, 0) is 66.9 Å². The molecule has 0 aromatic heterocycles. The first-order valence-corrected chi connectivity index (χ1v) is 10.8. The molecule has 3 aromatic rings. The number of carbonyl (C=O) groups is 1. The molecular formula is C23H19N3O3S. The molecule has 0 unspecified atom stereocenters. The second-order valence-corrected chi connectivity index (χ2v) is 9.02. The van der Waals surface area contributed by atoms with E-state index in [0.717, 1.165) is 21.0 Å². The molecule has 0 bridgehead atoms. The van der Waals surface area contributed by atoms with Gasteiger partial charge in [0.25, 0.3) is 10.0 Å². The van der Waals surface area contributed by atoms with Crippen molar-refractivity contribution in [2.75, 3.05) is 9.21 Å². The third-order valence-electron chi connectivity index (χ3n) is 4.92. The largest absolute Gasteiger partial charge is 0.343 e. The number of carbonyl (C=O) groups excluding carboxylic acids is 1. The van der Waals surface area contributed by atoms with Crippen LogP contribution in [0.25, 0.3) is 0 Å². The number of nitriles is 1. The summed E-state index contributed by atoms with van der Waals surface area (Å²) in [4.78, 5) is 15.0. The van der Waals surface area contributed by atoms with Crippen LogP contribution in [-0.2, 0) is 16.6 Å². The van der Waals surface area contributed by atoms with E-state index in [-0.39, 0.29) is 11.4 Å². The predicted octanol–water partition coefficient (Wildman–Crippen LogP) is 4.51. The molecule has 3 aromatic carbocycles. The van der Waals surface area contributed by atoms with Crippen LogP contribution in [0.2, 0.25) is 0 Å². The van der Waals surface area contributed by atoms with Crippen LogP contribution < -0.4 is 9.21 Å². The molecule has 1 aliphatic rings. The summed E-state index contributed by atoms with van der Waals surface area (Å²) in [5.74, 6) is 0. The maximum atomic E-state index is 13.5. The van der Waals surface area contributed by atoms with Crippen LogP contribution in [0.4, 0.5) is 16.2 Å². The molecule has 0 saturated carbocycles. The molecule has 4 rings (SSSR count). The van der Waals surface area contributed by atoms with E-state index in [1.807, 2.05) is 19.9 Å². The number of amides is 2. The van der Waals surface area contributed by atoms with Crippen LogP contribution in [0.15, 0.2) is 71.6 Å². The standard InChI is InChI=1S/C23H19N3O3S/c1-16-10-17(2)12-20(11-16)26-23(27)25(15-19-7-5-6-18(13-19)14-24)21-8-3-4-9-22(21)30(26,28)29/h3-13H,15H2,1-2H3. The van der Waals surface area contributed by atoms with E-state index in [0.29, 0.717) is 16.9 Å².